The molecule has 2 N–H and O–H groups in total. The van der Waals surface area contributed by atoms with E-state index < -0.39 is 0 Å². The van der Waals surface area contributed by atoms with Gasteiger partial charge in [-0.3, -0.25) is 4.79 Å². The Balaban J connectivity index is 1.77. The first-order valence-corrected chi connectivity index (χ1v) is 9.18. The maximum absolute atomic E-state index is 12.5. The predicted octanol–water partition coefficient (Wildman–Crippen LogP) is 4.24. The summed E-state index contributed by atoms with van der Waals surface area (Å²) >= 11 is 0. The molecule has 2 aromatic rings. The zero-order chi connectivity index (χ0) is 16.9. The number of aromatic nitrogens is 1. The Hall–Kier alpha value is -1.81. The number of aryl methyl sites for hydroxylation is 1. The summed E-state index contributed by atoms with van der Waals surface area (Å²) in [6.45, 7) is 2.69. The molecule has 1 amide bonds. The Morgan fingerprint density at radius 1 is 1.25 bits per heavy atom. The average Bonchev–Trinajstić information content (AvgIpc) is 2.72. The second-order valence-electron chi connectivity index (χ2n) is 7.04. The average molecular weight is 328 g/mol. The van der Waals surface area contributed by atoms with Crippen LogP contribution in [0.25, 0.3) is 10.9 Å². The summed E-state index contributed by atoms with van der Waals surface area (Å²) in [4.78, 5) is 12.5. The van der Waals surface area contributed by atoms with Crippen LogP contribution >= 0.6 is 0 Å². The SMILES string of the molecule is Cc1cccc2c1c(NC(=O)CC1CCCCCC1)cn2CCO. The van der Waals surface area contributed by atoms with E-state index in [1.807, 2.05) is 22.9 Å². The smallest absolute Gasteiger partial charge is 0.224 e. The molecule has 0 saturated heterocycles. The van der Waals surface area contributed by atoms with Gasteiger partial charge in [-0.25, -0.2) is 0 Å². The van der Waals surface area contributed by atoms with Crippen molar-refractivity contribution in [2.24, 2.45) is 5.92 Å². The van der Waals surface area contributed by atoms with Crippen LogP contribution in [0.15, 0.2) is 24.4 Å². The summed E-state index contributed by atoms with van der Waals surface area (Å²) < 4.78 is 2.02. The molecule has 1 aromatic carbocycles. The van der Waals surface area contributed by atoms with Crippen LogP contribution in [-0.4, -0.2) is 22.2 Å². The number of carbonyl (C=O) groups excluding carboxylic acids is 1. The number of fused-ring (bicyclic) bond motifs is 1. The molecule has 1 saturated carbocycles. The number of nitrogens with zero attached hydrogens (tertiary/aromatic N) is 1. The highest BCUT2D eigenvalue weighted by Crippen LogP contribution is 2.30. The number of rotatable bonds is 5. The molecule has 1 heterocycles. The molecule has 4 heteroatoms. The van der Waals surface area contributed by atoms with Crippen LogP contribution in [0.2, 0.25) is 0 Å². The number of hydrogen-bond acceptors (Lipinski definition) is 2. The molecule has 3 rings (SSSR count). The molecule has 0 bridgehead atoms. The lowest BCUT2D eigenvalue weighted by Gasteiger charge is -2.13. The Morgan fingerprint density at radius 3 is 2.71 bits per heavy atom. The van der Waals surface area contributed by atoms with Crippen molar-refractivity contribution in [2.45, 2.75) is 58.4 Å². The van der Waals surface area contributed by atoms with E-state index in [9.17, 15) is 9.90 Å². The second kappa shape index (κ2) is 7.84. The number of nitrogens with one attached hydrogen (secondary N) is 1. The monoisotopic (exact) mass is 328 g/mol. The van der Waals surface area contributed by atoms with E-state index in [-0.39, 0.29) is 12.5 Å². The fraction of sp³-hybridized carbons (Fsp3) is 0.550. The standard InChI is InChI=1S/C20H28N2O2/c1-15-7-6-10-18-20(15)17(14-22(18)11-12-23)21-19(24)13-16-8-4-2-3-5-9-16/h6-7,10,14,16,23H,2-5,8-9,11-13H2,1H3,(H,21,24). The first kappa shape index (κ1) is 17.0. The van der Waals surface area contributed by atoms with Crippen LogP contribution in [0.3, 0.4) is 0 Å². The van der Waals surface area contributed by atoms with E-state index in [1.165, 1.54) is 38.5 Å². The molecule has 0 aliphatic heterocycles. The lowest BCUT2D eigenvalue weighted by molar-refractivity contribution is -0.117. The van der Waals surface area contributed by atoms with E-state index in [1.54, 1.807) is 0 Å². The number of aliphatic hydroxyl groups excluding tert-OH is 1. The summed E-state index contributed by atoms with van der Waals surface area (Å²) in [6, 6.07) is 6.12. The first-order valence-electron chi connectivity index (χ1n) is 9.18. The number of hydrogen-bond donors (Lipinski definition) is 2. The van der Waals surface area contributed by atoms with Crippen molar-refractivity contribution < 1.29 is 9.90 Å². The zero-order valence-electron chi connectivity index (χ0n) is 14.6. The van der Waals surface area contributed by atoms with E-state index in [0.29, 0.717) is 18.9 Å². The van der Waals surface area contributed by atoms with Gasteiger partial charge in [0.15, 0.2) is 0 Å². The molecule has 130 valence electrons. The topological polar surface area (TPSA) is 54.3 Å². The van der Waals surface area contributed by atoms with Gasteiger partial charge < -0.3 is 15.0 Å². The maximum atomic E-state index is 12.5. The van der Waals surface area contributed by atoms with Gasteiger partial charge in [0.2, 0.25) is 5.91 Å². The maximum Gasteiger partial charge on any atom is 0.224 e. The van der Waals surface area contributed by atoms with Crippen LogP contribution in [0.5, 0.6) is 0 Å². The molecule has 1 fully saturated rings. The van der Waals surface area contributed by atoms with Gasteiger partial charge in [0, 0.05) is 24.5 Å². The van der Waals surface area contributed by atoms with Gasteiger partial charge in [-0.05, 0) is 37.3 Å². The van der Waals surface area contributed by atoms with Crippen LogP contribution in [0, 0.1) is 12.8 Å². The molecular formula is C20H28N2O2. The number of anilines is 1. The number of benzene rings is 1. The van der Waals surface area contributed by atoms with Crippen molar-refractivity contribution >= 4 is 22.5 Å². The minimum atomic E-state index is 0.0905. The fourth-order valence-electron chi connectivity index (χ4n) is 3.95. The molecule has 24 heavy (non-hydrogen) atoms. The van der Waals surface area contributed by atoms with Gasteiger partial charge >= 0.3 is 0 Å². The molecule has 4 nitrogen and oxygen atoms in total. The van der Waals surface area contributed by atoms with Crippen LogP contribution in [0.4, 0.5) is 5.69 Å². The largest absolute Gasteiger partial charge is 0.395 e. The molecule has 0 spiro atoms. The highest BCUT2D eigenvalue weighted by atomic mass is 16.3. The summed E-state index contributed by atoms with van der Waals surface area (Å²) in [6.07, 6.45) is 10.1. The van der Waals surface area contributed by atoms with Crippen molar-refractivity contribution in [2.75, 3.05) is 11.9 Å². The molecule has 1 aliphatic carbocycles. The molecule has 1 aromatic heterocycles. The van der Waals surface area contributed by atoms with Gasteiger partial charge in [-0.15, -0.1) is 0 Å². The second-order valence-corrected chi connectivity index (χ2v) is 7.04. The van der Waals surface area contributed by atoms with Gasteiger partial charge in [-0.2, -0.15) is 0 Å². The lowest BCUT2D eigenvalue weighted by atomic mass is 9.96. The summed E-state index contributed by atoms with van der Waals surface area (Å²) in [5, 5.41) is 13.5. The third-order valence-corrected chi connectivity index (χ3v) is 5.18. The Labute approximate surface area is 143 Å². The third-order valence-electron chi connectivity index (χ3n) is 5.18. The van der Waals surface area contributed by atoms with E-state index >= 15 is 0 Å². The Bertz CT molecular complexity index is 697. The summed E-state index contributed by atoms with van der Waals surface area (Å²) in [5.74, 6) is 0.646. The number of carbonyl (C=O) groups is 1. The minimum absolute atomic E-state index is 0.0905. The quantitative estimate of drug-likeness (QED) is 0.807. The number of aliphatic hydroxyl groups is 1. The van der Waals surface area contributed by atoms with Gasteiger partial charge in [0.05, 0.1) is 17.8 Å². The molecule has 0 atom stereocenters. The van der Waals surface area contributed by atoms with Crippen LogP contribution < -0.4 is 5.32 Å². The van der Waals surface area contributed by atoms with Crippen LogP contribution in [0.1, 0.15) is 50.5 Å². The first-order chi connectivity index (χ1) is 11.7. The fourth-order valence-corrected chi connectivity index (χ4v) is 3.95. The minimum Gasteiger partial charge on any atom is -0.395 e. The molecule has 0 unspecified atom stereocenters. The highest BCUT2D eigenvalue weighted by Gasteiger charge is 2.18. The Kier molecular flexibility index (Phi) is 5.56. The van der Waals surface area contributed by atoms with Crippen molar-refractivity contribution in [1.82, 2.24) is 4.57 Å². The van der Waals surface area contributed by atoms with Gasteiger partial charge in [-0.1, -0.05) is 37.8 Å². The molecule has 1 aliphatic rings. The Morgan fingerprint density at radius 2 is 2.00 bits per heavy atom. The normalized spacial score (nSPS) is 16.2. The summed E-state index contributed by atoms with van der Waals surface area (Å²) in [5.41, 5.74) is 3.08. The zero-order valence-corrected chi connectivity index (χ0v) is 14.6. The van der Waals surface area contributed by atoms with Gasteiger partial charge in [0.25, 0.3) is 0 Å². The van der Waals surface area contributed by atoms with Crippen molar-refractivity contribution in [3.05, 3.63) is 30.0 Å². The predicted molar refractivity (Wildman–Crippen MR) is 98.2 cm³/mol. The summed E-state index contributed by atoms with van der Waals surface area (Å²) in [7, 11) is 0. The van der Waals surface area contributed by atoms with E-state index in [2.05, 4.69) is 18.3 Å². The van der Waals surface area contributed by atoms with E-state index in [4.69, 9.17) is 0 Å². The highest BCUT2D eigenvalue weighted by molar-refractivity contribution is 6.03. The van der Waals surface area contributed by atoms with Crippen molar-refractivity contribution in [1.29, 1.82) is 0 Å². The van der Waals surface area contributed by atoms with Crippen molar-refractivity contribution in [3.8, 4) is 0 Å². The number of amides is 1. The third kappa shape index (κ3) is 3.81. The molecule has 0 radical (unpaired) electrons. The van der Waals surface area contributed by atoms with Gasteiger partial charge in [0.1, 0.15) is 0 Å². The molecular weight excluding hydrogens is 300 g/mol. The lowest BCUT2D eigenvalue weighted by Crippen LogP contribution is -2.16. The van der Waals surface area contributed by atoms with Crippen molar-refractivity contribution in [3.63, 3.8) is 0 Å². The van der Waals surface area contributed by atoms with E-state index in [0.717, 1.165) is 22.2 Å². The van der Waals surface area contributed by atoms with Crippen LogP contribution in [-0.2, 0) is 11.3 Å².